The van der Waals surface area contributed by atoms with Crippen molar-refractivity contribution in [2.24, 2.45) is 0 Å². The van der Waals surface area contributed by atoms with Crippen LogP contribution < -0.4 is 15.8 Å². The number of para-hydroxylation sites is 1. The second-order valence-electron chi connectivity index (χ2n) is 5.35. The molecule has 0 aliphatic carbocycles. The van der Waals surface area contributed by atoms with Crippen molar-refractivity contribution in [2.45, 2.75) is 6.92 Å². The van der Waals surface area contributed by atoms with Crippen molar-refractivity contribution < 1.29 is 14.4 Å². The number of esters is 1. The molecule has 3 N–H and O–H groups in total. The van der Waals surface area contributed by atoms with Crippen molar-refractivity contribution in [3.8, 4) is 0 Å². The quantitative estimate of drug-likeness (QED) is 0.669. The second-order valence-corrected chi connectivity index (χ2v) is 5.35. The lowest BCUT2D eigenvalue weighted by Crippen LogP contribution is -3.06. The van der Waals surface area contributed by atoms with Gasteiger partial charge in [-0.15, -0.1) is 0 Å². The Labute approximate surface area is 129 Å². The average molecular weight is 304 g/mol. The van der Waals surface area contributed by atoms with E-state index in [0.717, 1.165) is 11.9 Å². The number of carbonyl (C=O) groups excluding carboxylic acids is 1. The van der Waals surface area contributed by atoms with Crippen LogP contribution in [-0.2, 0) is 4.74 Å². The van der Waals surface area contributed by atoms with Gasteiger partial charge in [0, 0.05) is 5.39 Å². The van der Waals surface area contributed by atoms with Gasteiger partial charge in [0.15, 0.2) is 0 Å². The van der Waals surface area contributed by atoms with Gasteiger partial charge >= 0.3 is 5.97 Å². The fourth-order valence-corrected chi connectivity index (χ4v) is 2.26. The van der Waals surface area contributed by atoms with Crippen molar-refractivity contribution in [1.82, 2.24) is 4.98 Å². The molecule has 22 heavy (non-hydrogen) atoms. The first-order chi connectivity index (χ1) is 10.5. The van der Waals surface area contributed by atoms with Gasteiger partial charge in [0.05, 0.1) is 45.0 Å². The van der Waals surface area contributed by atoms with E-state index >= 15 is 0 Å². The van der Waals surface area contributed by atoms with Crippen LogP contribution in [0, 0.1) is 0 Å². The third-order valence-electron chi connectivity index (χ3n) is 3.33. The Balaban J connectivity index is 2.52. The number of nitrogens with one attached hydrogen (secondary N) is 3. The zero-order chi connectivity index (χ0) is 16.1. The SMILES string of the molecule is CCOC(=O)c1c(NCC[NH+](C)C)c2ccccc2[nH]c1=O. The van der Waals surface area contributed by atoms with Crippen molar-refractivity contribution in [1.29, 1.82) is 0 Å². The van der Waals surface area contributed by atoms with E-state index in [2.05, 4.69) is 10.3 Å². The summed E-state index contributed by atoms with van der Waals surface area (Å²) in [5.41, 5.74) is 0.838. The molecule has 1 aromatic carbocycles. The summed E-state index contributed by atoms with van der Waals surface area (Å²) < 4.78 is 5.02. The Hall–Kier alpha value is -2.34. The maximum Gasteiger partial charge on any atom is 0.345 e. The fraction of sp³-hybridized carbons (Fsp3) is 0.375. The normalized spacial score (nSPS) is 10.9. The summed E-state index contributed by atoms with van der Waals surface area (Å²) in [7, 11) is 4.09. The Morgan fingerprint density at radius 3 is 2.73 bits per heavy atom. The summed E-state index contributed by atoms with van der Waals surface area (Å²) in [4.78, 5) is 28.4. The third-order valence-corrected chi connectivity index (χ3v) is 3.33. The van der Waals surface area contributed by atoms with Crippen LogP contribution in [0.15, 0.2) is 29.1 Å². The van der Waals surface area contributed by atoms with E-state index in [9.17, 15) is 9.59 Å². The van der Waals surface area contributed by atoms with Gasteiger partial charge in [-0.3, -0.25) is 4.79 Å². The molecule has 0 spiro atoms. The van der Waals surface area contributed by atoms with Crippen LogP contribution in [0.3, 0.4) is 0 Å². The molecule has 0 radical (unpaired) electrons. The number of anilines is 1. The van der Waals surface area contributed by atoms with Gasteiger partial charge < -0.3 is 19.9 Å². The van der Waals surface area contributed by atoms with E-state index in [0.29, 0.717) is 17.7 Å². The highest BCUT2D eigenvalue weighted by molar-refractivity contribution is 6.04. The maximum absolute atomic E-state index is 12.3. The van der Waals surface area contributed by atoms with Crippen molar-refractivity contribution in [2.75, 3.05) is 39.1 Å². The highest BCUT2D eigenvalue weighted by Gasteiger charge is 2.20. The molecule has 6 nitrogen and oxygen atoms in total. The molecule has 0 unspecified atom stereocenters. The molecule has 0 fully saturated rings. The average Bonchev–Trinajstić information content (AvgIpc) is 2.46. The molecule has 2 aromatic rings. The molecule has 6 heteroatoms. The molecule has 2 rings (SSSR count). The lowest BCUT2D eigenvalue weighted by atomic mass is 10.1. The van der Waals surface area contributed by atoms with E-state index in [1.807, 2.05) is 38.4 Å². The summed E-state index contributed by atoms with van der Waals surface area (Å²) in [6, 6.07) is 7.40. The first kappa shape index (κ1) is 16.0. The summed E-state index contributed by atoms with van der Waals surface area (Å²) >= 11 is 0. The number of quaternary nitrogens is 1. The van der Waals surface area contributed by atoms with Gasteiger partial charge in [-0.2, -0.15) is 0 Å². The third kappa shape index (κ3) is 3.46. The molecule has 0 atom stereocenters. The molecule has 118 valence electrons. The summed E-state index contributed by atoms with van der Waals surface area (Å²) in [5.74, 6) is -0.603. The predicted molar refractivity (Wildman–Crippen MR) is 86.7 cm³/mol. The molecular weight excluding hydrogens is 282 g/mol. The minimum Gasteiger partial charge on any atom is -0.462 e. The summed E-state index contributed by atoms with van der Waals surface area (Å²) in [6.45, 7) is 3.47. The first-order valence-electron chi connectivity index (χ1n) is 7.39. The molecule has 0 saturated carbocycles. The number of fused-ring (bicyclic) bond motifs is 1. The Kier molecular flexibility index (Phi) is 5.16. The smallest absolute Gasteiger partial charge is 0.345 e. The summed E-state index contributed by atoms with van der Waals surface area (Å²) in [5, 5.41) is 4.03. The van der Waals surface area contributed by atoms with Crippen molar-refractivity contribution in [3.05, 3.63) is 40.2 Å². The number of hydrogen-bond donors (Lipinski definition) is 3. The second kappa shape index (κ2) is 7.09. The zero-order valence-electron chi connectivity index (χ0n) is 13.2. The Morgan fingerprint density at radius 1 is 1.32 bits per heavy atom. The van der Waals surface area contributed by atoms with E-state index < -0.39 is 11.5 Å². The number of rotatable bonds is 6. The van der Waals surface area contributed by atoms with E-state index in [1.54, 1.807) is 6.92 Å². The number of aromatic nitrogens is 1. The minimum atomic E-state index is -0.603. The number of hydrogen-bond acceptors (Lipinski definition) is 4. The van der Waals surface area contributed by atoms with Crippen LogP contribution in [0.1, 0.15) is 17.3 Å². The number of ether oxygens (including phenoxy) is 1. The van der Waals surface area contributed by atoms with Gasteiger partial charge in [0.25, 0.3) is 5.56 Å². The lowest BCUT2D eigenvalue weighted by molar-refractivity contribution is -0.856. The topological polar surface area (TPSA) is 75.6 Å². The van der Waals surface area contributed by atoms with E-state index in [4.69, 9.17) is 4.74 Å². The highest BCUT2D eigenvalue weighted by Crippen LogP contribution is 2.23. The Morgan fingerprint density at radius 2 is 2.05 bits per heavy atom. The van der Waals surface area contributed by atoms with Crippen LogP contribution in [-0.4, -0.2) is 44.7 Å². The van der Waals surface area contributed by atoms with Gasteiger partial charge in [0.1, 0.15) is 5.56 Å². The number of carbonyl (C=O) groups is 1. The predicted octanol–water partition coefficient (Wildman–Crippen LogP) is 0.261. The first-order valence-corrected chi connectivity index (χ1v) is 7.39. The minimum absolute atomic E-state index is 0.0364. The highest BCUT2D eigenvalue weighted by atomic mass is 16.5. The van der Waals surface area contributed by atoms with E-state index in [1.165, 1.54) is 4.90 Å². The molecule has 0 bridgehead atoms. The van der Waals surface area contributed by atoms with Gasteiger partial charge in [-0.25, -0.2) is 4.79 Å². The molecule has 1 aromatic heterocycles. The fourth-order valence-electron chi connectivity index (χ4n) is 2.26. The largest absolute Gasteiger partial charge is 0.462 e. The van der Waals surface area contributed by atoms with Gasteiger partial charge in [0.2, 0.25) is 0 Å². The van der Waals surface area contributed by atoms with Crippen LogP contribution in [0.2, 0.25) is 0 Å². The van der Waals surface area contributed by atoms with Crippen LogP contribution in [0.4, 0.5) is 5.69 Å². The lowest BCUT2D eigenvalue weighted by Gasteiger charge is -2.14. The van der Waals surface area contributed by atoms with Crippen LogP contribution in [0.5, 0.6) is 0 Å². The Bertz CT molecular complexity index is 722. The number of H-pyrrole nitrogens is 1. The molecule has 1 heterocycles. The van der Waals surface area contributed by atoms with E-state index in [-0.39, 0.29) is 12.2 Å². The van der Waals surface area contributed by atoms with Crippen molar-refractivity contribution >= 4 is 22.6 Å². The van der Waals surface area contributed by atoms with Crippen LogP contribution in [0.25, 0.3) is 10.9 Å². The molecule has 0 saturated heterocycles. The molecule has 0 amide bonds. The molecule has 0 aliphatic rings. The zero-order valence-corrected chi connectivity index (χ0v) is 13.2. The number of likely N-dealkylation sites (N-methyl/N-ethyl adjacent to an activating group) is 1. The standard InChI is InChI=1S/C16H21N3O3/c1-4-22-16(21)13-14(17-9-10-19(2)3)11-7-5-6-8-12(11)18-15(13)20/h5-8H,4,9-10H2,1-3H3,(H2,17,18,20)/p+1. The number of pyridine rings is 1. The maximum atomic E-state index is 12.3. The number of benzene rings is 1. The molecule has 0 aliphatic heterocycles. The van der Waals surface area contributed by atoms with Crippen molar-refractivity contribution in [3.63, 3.8) is 0 Å². The van der Waals surface area contributed by atoms with Crippen LogP contribution >= 0.6 is 0 Å². The molecular formula is C16H22N3O3+. The number of aromatic amines is 1. The monoisotopic (exact) mass is 304 g/mol. The van der Waals surface area contributed by atoms with Gasteiger partial charge in [-0.1, -0.05) is 18.2 Å². The summed E-state index contributed by atoms with van der Waals surface area (Å²) in [6.07, 6.45) is 0. The van der Waals surface area contributed by atoms with Gasteiger partial charge in [-0.05, 0) is 13.0 Å².